The molecule has 0 spiro atoms. The monoisotopic (exact) mass is 269 g/mol. The molecule has 1 amide bonds. The van der Waals surface area contributed by atoms with Gasteiger partial charge in [0.05, 0.1) is 0 Å². The van der Waals surface area contributed by atoms with Crippen molar-refractivity contribution in [2.75, 3.05) is 12.3 Å². The van der Waals surface area contributed by atoms with Gasteiger partial charge in [-0.1, -0.05) is 45.5 Å². The summed E-state index contributed by atoms with van der Waals surface area (Å²) < 4.78 is 0. The van der Waals surface area contributed by atoms with Crippen molar-refractivity contribution in [2.45, 2.75) is 31.1 Å². The number of amides is 1. The first-order valence-electron chi connectivity index (χ1n) is 5.66. The molecular weight excluding hydrogens is 250 g/mol. The summed E-state index contributed by atoms with van der Waals surface area (Å²) in [4.78, 5) is 12.1. The Kier molecular flexibility index (Phi) is 5.40. The van der Waals surface area contributed by atoms with Crippen molar-refractivity contribution in [3.05, 3.63) is 29.8 Å². The summed E-state index contributed by atoms with van der Waals surface area (Å²) in [5.74, 6) is 1.08. The van der Waals surface area contributed by atoms with Crippen LogP contribution in [0.3, 0.4) is 0 Å². The van der Waals surface area contributed by atoms with Gasteiger partial charge in [-0.05, 0) is 23.4 Å². The van der Waals surface area contributed by atoms with Gasteiger partial charge in [-0.2, -0.15) is 0 Å². The van der Waals surface area contributed by atoms with Crippen molar-refractivity contribution in [3.63, 3.8) is 0 Å². The summed E-state index contributed by atoms with van der Waals surface area (Å²) >= 11 is 5.54. The third-order valence-corrected chi connectivity index (χ3v) is 3.68. The second-order valence-electron chi connectivity index (χ2n) is 4.50. The van der Waals surface area contributed by atoms with E-state index in [1.165, 1.54) is 10.5 Å². The quantitative estimate of drug-likeness (QED) is 0.630. The Labute approximate surface area is 113 Å². The van der Waals surface area contributed by atoms with Gasteiger partial charge in [0, 0.05) is 16.9 Å². The van der Waals surface area contributed by atoms with E-state index in [1.807, 2.05) is 11.8 Å². The molecule has 0 radical (unpaired) electrons. The number of thiol groups is 1. The molecule has 0 unspecified atom stereocenters. The van der Waals surface area contributed by atoms with E-state index >= 15 is 0 Å². The van der Waals surface area contributed by atoms with Gasteiger partial charge < -0.3 is 5.32 Å². The molecule has 0 fully saturated rings. The molecule has 1 aromatic rings. The van der Waals surface area contributed by atoms with Crippen molar-refractivity contribution in [3.8, 4) is 0 Å². The summed E-state index contributed by atoms with van der Waals surface area (Å²) in [6, 6.07) is 8.52. The predicted octanol–water partition coefficient (Wildman–Crippen LogP) is 3.72. The molecule has 1 N–H and O–H groups in total. The SMILES string of the molecule is CCSc1ccc(C(C)(C)CNC(=O)S)cc1. The maximum atomic E-state index is 10.8. The zero-order valence-electron chi connectivity index (χ0n) is 10.5. The lowest BCUT2D eigenvalue weighted by Crippen LogP contribution is -2.34. The fourth-order valence-corrected chi connectivity index (χ4v) is 2.31. The third kappa shape index (κ3) is 4.64. The van der Waals surface area contributed by atoms with Crippen molar-refractivity contribution in [1.82, 2.24) is 5.32 Å². The largest absolute Gasteiger partial charge is 0.346 e. The molecule has 4 heteroatoms. The molecule has 0 aliphatic carbocycles. The van der Waals surface area contributed by atoms with E-state index < -0.39 is 0 Å². The molecule has 0 atom stereocenters. The molecule has 0 saturated carbocycles. The van der Waals surface area contributed by atoms with Crippen LogP contribution >= 0.6 is 24.4 Å². The van der Waals surface area contributed by atoms with Crippen molar-refractivity contribution in [2.24, 2.45) is 0 Å². The summed E-state index contributed by atoms with van der Waals surface area (Å²) in [6.07, 6.45) is 0. The first-order valence-corrected chi connectivity index (χ1v) is 7.09. The fraction of sp³-hybridized carbons (Fsp3) is 0.462. The highest BCUT2D eigenvalue weighted by Gasteiger charge is 2.20. The van der Waals surface area contributed by atoms with Crippen LogP contribution in [0, 0.1) is 0 Å². The van der Waals surface area contributed by atoms with Crippen LogP contribution in [-0.4, -0.2) is 17.5 Å². The smallest absolute Gasteiger partial charge is 0.276 e. The summed E-state index contributed by atoms with van der Waals surface area (Å²) in [5.41, 5.74) is 1.15. The van der Waals surface area contributed by atoms with Gasteiger partial charge in [-0.15, -0.1) is 11.8 Å². The first-order chi connectivity index (χ1) is 7.95. The minimum atomic E-state index is -0.281. The third-order valence-electron chi connectivity index (χ3n) is 2.63. The van der Waals surface area contributed by atoms with Gasteiger partial charge in [0.2, 0.25) is 0 Å². The van der Waals surface area contributed by atoms with Crippen LogP contribution < -0.4 is 5.32 Å². The molecule has 0 aliphatic rings. The van der Waals surface area contributed by atoms with Crippen LogP contribution in [0.5, 0.6) is 0 Å². The minimum absolute atomic E-state index is 0.0756. The van der Waals surface area contributed by atoms with Crippen LogP contribution in [0.4, 0.5) is 4.79 Å². The molecule has 94 valence electrons. The van der Waals surface area contributed by atoms with Gasteiger partial charge in [0.15, 0.2) is 0 Å². The topological polar surface area (TPSA) is 29.1 Å². The molecule has 1 aromatic carbocycles. The molecule has 17 heavy (non-hydrogen) atoms. The molecule has 0 bridgehead atoms. The summed E-state index contributed by atoms with van der Waals surface area (Å²) in [5, 5.41) is 2.46. The lowest BCUT2D eigenvalue weighted by atomic mass is 9.85. The number of carbonyl (C=O) groups is 1. The lowest BCUT2D eigenvalue weighted by Gasteiger charge is -2.25. The Bertz CT molecular complexity index is 374. The molecular formula is C13H19NOS2. The predicted molar refractivity (Wildman–Crippen MR) is 78.3 cm³/mol. The van der Waals surface area contributed by atoms with E-state index in [0.29, 0.717) is 6.54 Å². The van der Waals surface area contributed by atoms with Gasteiger partial charge in [-0.25, -0.2) is 0 Å². The Balaban J connectivity index is 2.73. The van der Waals surface area contributed by atoms with Gasteiger partial charge in [0.1, 0.15) is 0 Å². The van der Waals surface area contributed by atoms with E-state index in [2.05, 4.69) is 63.0 Å². The van der Waals surface area contributed by atoms with Crippen LogP contribution in [0.1, 0.15) is 26.3 Å². The van der Waals surface area contributed by atoms with Crippen LogP contribution in [0.2, 0.25) is 0 Å². The zero-order chi connectivity index (χ0) is 12.9. The number of nitrogens with one attached hydrogen (secondary N) is 1. The number of hydrogen-bond acceptors (Lipinski definition) is 2. The highest BCUT2D eigenvalue weighted by Crippen LogP contribution is 2.25. The minimum Gasteiger partial charge on any atom is -0.346 e. The number of hydrogen-bond donors (Lipinski definition) is 2. The van der Waals surface area contributed by atoms with Crippen molar-refractivity contribution >= 4 is 29.6 Å². The van der Waals surface area contributed by atoms with E-state index in [9.17, 15) is 4.79 Å². The Morgan fingerprint density at radius 1 is 1.35 bits per heavy atom. The maximum Gasteiger partial charge on any atom is 0.276 e. The molecule has 0 saturated heterocycles. The van der Waals surface area contributed by atoms with Gasteiger partial charge >= 0.3 is 0 Å². The fourth-order valence-electron chi connectivity index (χ4n) is 1.57. The highest BCUT2D eigenvalue weighted by molar-refractivity contribution is 7.99. The first kappa shape index (κ1) is 14.5. The average Bonchev–Trinajstić information content (AvgIpc) is 2.28. The average molecular weight is 269 g/mol. The number of thioether (sulfide) groups is 1. The number of rotatable bonds is 5. The van der Waals surface area contributed by atoms with Crippen LogP contribution in [0.15, 0.2) is 29.2 Å². The standard InChI is InChI=1S/C13H19NOS2/c1-4-17-11-7-5-10(6-8-11)13(2,3)9-14-12(15)16/h5-8H,4,9H2,1-3H3,(H2,14,15,16). The molecule has 0 heterocycles. The van der Waals surface area contributed by atoms with Crippen LogP contribution in [0.25, 0.3) is 0 Å². The molecule has 1 rings (SSSR count). The van der Waals surface area contributed by atoms with Gasteiger partial charge in [0.25, 0.3) is 5.24 Å². The Morgan fingerprint density at radius 3 is 2.41 bits per heavy atom. The second kappa shape index (κ2) is 6.36. The zero-order valence-corrected chi connectivity index (χ0v) is 12.2. The van der Waals surface area contributed by atoms with Gasteiger partial charge in [-0.3, -0.25) is 4.79 Å². The molecule has 0 aliphatic heterocycles. The molecule has 2 nitrogen and oxygen atoms in total. The van der Waals surface area contributed by atoms with Crippen LogP contribution in [-0.2, 0) is 5.41 Å². The Hall–Kier alpha value is -0.610. The summed E-state index contributed by atoms with van der Waals surface area (Å²) in [7, 11) is 0. The van der Waals surface area contributed by atoms with E-state index in [-0.39, 0.29) is 10.7 Å². The maximum absolute atomic E-state index is 10.8. The van der Waals surface area contributed by atoms with Crippen molar-refractivity contribution < 1.29 is 4.79 Å². The Morgan fingerprint density at radius 2 is 1.94 bits per heavy atom. The van der Waals surface area contributed by atoms with E-state index in [0.717, 1.165) is 5.75 Å². The normalized spacial score (nSPS) is 11.3. The number of carbonyl (C=O) groups excluding carboxylic acids is 1. The summed E-state index contributed by atoms with van der Waals surface area (Å²) in [6.45, 7) is 6.96. The highest BCUT2D eigenvalue weighted by atomic mass is 32.2. The second-order valence-corrected chi connectivity index (χ2v) is 6.24. The number of benzene rings is 1. The van der Waals surface area contributed by atoms with Crippen molar-refractivity contribution in [1.29, 1.82) is 0 Å². The lowest BCUT2D eigenvalue weighted by molar-refractivity contribution is 0.259. The van der Waals surface area contributed by atoms with E-state index in [4.69, 9.17) is 0 Å². The molecule has 0 aromatic heterocycles. The van der Waals surface area contributed by atoms with E-state index in [1.54, 1.807) is 0 Å².